The standard InChI is InChI=1S/C9H7.C2H4.2BrH.Zr/c1-2-5-9-7-3-6-8(9)4-1;1-2;;;/h1-7H;1H,2H3;2*1H;/q-1;;;;+2/p-2. The minimum atomic E-state index is 0. The van der Waals surface area contributed by atoms with Crippen LogP contribution in [0.1, 0.15) is 6.92 Å². The molecule has 0 aromatic heterocycles. The van der Waals surface area contributed by atoms with Gasteiger partial charge in [0.1, 0.15) is 0 Å². The van der Waals surface area contributed by atoms with E-state index >= 15 is 0 Å². The summed E-state index contributed by atoms with van der Waals surface area (Å²) in [5.41, 5.74) is 0. The molecule has 2 aromatic rings. The summed E-state index contributed by atoms with van der Waals surface area (Å²) in [6.07, 6.45) is 0. The molecule has 0 heterocycles. The maximum absolute atomic E-state index is 2.12. The molecule has 0 radical (unpaired) electrons. The van der Waals surface area contributed by atoms with Crippen molar-refractivity contribution in [3.8, 4) is 0 Å². The van der Waals surface area contributed by atoms with Gasteiger partial charge >= 0.3 is 34.9 Å². The molecule has 14 heavy (non-hydrogen) atoms. The molecule has 0 unspecified atom stereocenters. The van der Waals surface area contributed by atoms with Crippen LogP contribution in [0.2, 0.25) is 0 Å². The summed E-state index contributed by atoms with van der Waals surface area (Å²) in [5.74, 6) is 0. The molecule has 0 atom stereocenters. The van der Waals surface area contributed by atoms with E-state index in [-0.39, 0.29) is 34.0 Å². The Morgan fingerprint density at radius 3 is 2.29 bits per heavy atom. The van der Waals surface area contributed by atoms with E-state index in [0.29, 0.717) is 0 Å². The first-order valence-electron chi connectivity index (χ1n) is 3.94. The van der Waals surface area contributed by atoms with Crippen molar-refractivity contribution in [1.29, 1.82) is 0 Å². The smallest absolute Gasteiger partial charge is 0.0809 e. The topological polar surface area (TPSA) is 0 Å². The predicted molar refractivity (Wildman–Crippen MR) is 51.3 cm³/mol. The number of hydrogen-bond donors (Lipinski definition) is 0. The fraction of sp³-hybridized carbons (Fsp3) is 0.0909. The first-order valence-corrected chi connectivity index (χ1v) is 5.36. The molecule has 0 nitrogen and oxygen atoms in total. The van der Waals surface area contributed by atoms with Gasteiger partial charge in [-0.05, 0) is 0 Å². The Bertz CT molecular complexity index is 325. The van der Waals surface area contributed by atoms with Crippen LogP contribution in [0.4, 0.5) is 0 Å². The summed E-state index contributed by atoms with van der Waals surface area (Å²) in [6.45, 7) is 2.04. The maximum atomic E-state index is 2.12. The largest absolute Gasteiger partial charge is 1.00 e. The molecule has 0 fully saturated rings. The Morgan fingerprint density at radius 2 is 1.71 bits per heavy atom. The molecular weight excluding hydrogens is 383 g/mol. The van der Waals surface area contributed by atoms with E-state index in [2.05, 4.69) is 46.2 Å². The molecule has 0 N–H and O–H groups in total. The molecule has 0 aliphatic carbocycles. The summed E-state index contributed by atoms with van der Waals surface area (Å²) in [5, 5.41) is 2.66. The van der Waals surface area contributed by atoms with E-state index in [1.54, 1.807) is 0 Å². The van der Waals surface area contributed by atoms with Gasteiger partial charge in [-0.25, -0.2) is 0 Å². The van der Waals surface area contributed by atoms with Crippen LogP contribution in [0.25, 0.3) is 10.8 Å². The summed E-state index contributed by atoms with van der Waals surface area (Å²) < 4.78 is 2.09. The Labute approximate surface area is 121 Å². The van der Waals surface area contributed by atoms with Crippen molar-refractivity contribution in [2.75, 3.05) is 0 Å². The third-order valence-electron chi connectivity index (χ3n) is 1.55. The van der Waals surface area contributed by atoms with E-state index in [1.807, 2.05) is 6.92 Å². The van der Waals surface area contributed by atoms with Crippen LogP contribution in [-0.4, -0.2) is 3.71 Å². The monoisotopic (exact) mass is 391 g/mol. The van der Waals surface area contributed by atoms with Gasteiger partial charge in [0.2, 0.25) is 0 Å². The number of rotatable bonds is 0. The molecule has 3 heteroatoms. The third-order valence-corrected chi connectivity index (χ3v) is 1.55. The van der Waals surface area contributed by atoms with Gasteiger partial charge in [-0.15, -0.1) is 29.7 Å². The van der Waals surface area contributed by atoms with Crippen molar-refractivity contribution in [1.82, 2.24) is 0 Å². The van der Waals surface area contributed by atoms with Crippen LogP contribution in [-0.2, 0) is 24.2 Å². The van der Waals surface area contributed by atoms with Crippen molar-refractivity contribution in [2.45, 2.75) is 6.92 Å². The second-order valence-corrected chi connectivity index (χ2v) is 3.86. The van der Waals surface area contributed by atoms with Crippen molar-refractivity contribution in [3.05, 3.63) is 42.5 Å². The average molecular weight is 394 g/mol. The zero-order valence-corrected chi connectivity index (χ0v) is 13.5. The molecular formula is C11H11Br2Zr-. The summed E-state index contributed by atoms with van der Waals surface area (Å²) >= 11 is 1.51. The number of benzene rings is 1. The molecule has 0 aliphatic rings. The first kappa shape index (κ1) is 17.0. The van der Waals surface area contributed by atoms with Gasteiger partial charge in [0.05, 0.1) is 0 Å². The van der Waals surface area contributed by atoms with E-state index in [0.717, 1.165) is 0 Å². The zero-order valence-electron chi connectivity index (χ0n) is 7.87. The normalized spacial score (nSPS) is 7.64. The van der Waals surface area contributed by atoms with E-state index < -0.39 is 0 Å². The third kappa shape index (κ3) is 5.43. The SMILES string of the molecule is C[CH]=[Zr+2].[Br-].[Br-].c1ccc2[cH-]ccc2c1. The van der Waals surface area contributed by atoms with Crippen molar-refractivity contribution in [3.63, 3.8) is 0 Å². The van der Waals surface area contributed by atoms with Gasteiger partial charge in [0, 0.05) is 0 Å². The molecule has 0 bridgehead atoms. The van der Waals surface area contributed by atoms with E-state index in [9.17, 15) is 0 Å². The second-order valence-electron chi connectivity index (χ2n) is 2.44. The molecule has 0 saturated heterocycles. The minimum absolute atomic E-state index is 0. The quantitative estimate of drug-likeness (QED) is 0.416. The van der Waals surface area contributed by atoms with Crippen molar-refractivity contribution >= 4 is 14.5 Å². The van der Waals surface area contributed by atoms with E-state index in [1.165, 1.54) is 35.0 Å². The number of halogens is 2. The molecule has 74 valence electrons. The summed E-state index contributed by atoms with van der Waals surface area (Å²) in [7, 11) is 0. The average Bonchev–Trinajstić information content (AvgIpc) is 2.52. The summed E-state index contributed by atoms with van der Waals surface area (Å²) in [6, 6.07) is 14.7. The second kappa shape index (κ2) is 10.1. The zero-order chi connectivity index (χ0) is 8.81. The van der Waals surface area contributed by atoms with Crippen LogP contribution >= 0.6 is 0 Å². The van der Waals surface area contributed by atoms with Gasteiger partial charge in [0.25, 0.3) is 0 Å². The van der Waals surface area contributed by atoms with Crippen LogP contribution in [0.5, 0.6) is 0 Å². The van der Waals surface area contributed by atoms with Gasteiger partial charge in [-0.2, -0.15) is 17.5 Å². The Hall–Kier alpha value is 0.543. The maximum Gasteiger partial charge on any atom is -0.0809 e. The van der Waals surface area contributed by atoms with Crippen LogP contribution in [0.15, 0.2) is 42.5 Å². The number of hydrogen-bond acceptors (Lipinski definition) is 0. The van der Waals surface area contributed by atoms with Gasteiger partial charge in [0.15, 0.2) is 0 Å². The van der Waals surface area contributed by atoms with Crippen molar-refractivity contribution < 1.29 is 58.2 Å². The van der Waals surface area contributed by atoms with Crippen LogP contribution in [0, 0.1) is 0 Å². The first-order chi connectivity index (χ1) is 5.88. The number of fused-ring (bicyclic) bond motifs is 1. The Morgan fingerprint density at radius 1 is 1.14 bits per heavy atom. The fourth-order valence-corrected chi connectivity index (χ4v) is 1.07. The van der Waals surface area contributed by atoms with Crippen LogP contribution in [0.3, 0.4) is 0 Å². The molecule has 0 saturated carbocycles. The fourth-order valence-electron chi connectivity index (χ4n) is 1.07. The molecule has 0 amide bonds. The minimum Gasteiger partial charge on any atom is -1.00 e. The Kier molecular flexibility index (Phi) is 12.2. The molecule has 0 spiro atoms. The van der Waals surface area contributed by atoms with Gasteiger partial charge in [-0.1, -0.05) is 6.07 Å². The van der Waals surface area contributed by atoms with Gasteiger partial charge < -0.3 is 34.0 Å². The molecule has 2 aromatic carbocycles. The van der Waals surface area contributed by atoms with Crippen LogP contribution < -0.4 is 34.0 Å². The predicted octanol–water partition coefficient (Wildman–Crippen LogP) is -3.08. The molecule has 2 rings (SSSR count). The summed E-state index contributed by atoms with van der Waals surface area (Å²) in [4.78, 5) is 0. The van der Waals surface area contributed by atoms with E-state index in [4.69, 9.17) is 0 Å². The Balaban J connectivity index is 0. The molecule has 0 aliphatic heterocycles. The van der Waals surface area contributed by atoms with Crippen molar-refractivity contribution in [2.24, 2.45) is 0 Å². The van der Waals surface area contributed by atoms with Gasteiger partial charge in [-0.3, -0.25) is 0 Å².